The number of anilines is 1. The molecule has 0 saturated heterocycles. The molecule has 1 N–H and O–H groups in total. The van der Waals surface area contributed by atoms with Crippen molar-refractivity contribution in [2.24, 2.45) is 0 Å². The minimum atomic E-state index is -0.237. The van der Waals surface area contributed by atoms with Crippen LogP contribution in [0.5, 0.6) is 5.75 Å². The third-order valence-electron chi connectivity index (χ3n) is 3.70. The van der Waals surface area contributed by atoms with Gasteiger partial charge in [-0.1, -0.05) is 32.9 Å². The molecule has 0 radical (unpaired) electrons. The zero-order valence-corrected chi connectivity index (χ0v) is 14.6. The molecular weight excluding hydrogens is 302 g/mol. The lowest BCUT2D eigenvalue weighted by Gasteiger charge is -2.19. The second-order valence-electron chi connectivity index (χ2n) is 6.59. The second-order valence-corrected chi connectivity index (χ2v) is 6.59. The number of hydrogen-bond donors (Lipinski definition) is 1. The highest BCUT2D eigenvalue weighted by atomic mass is 16.5. The summed E-state index contributed by atoms with van der Waals surface area (Å²) in [5.41, 5.74) is 2.73. The molecule has 0 heterocycles. The lowest BCUT2D eigenvalue weighted by atomic mass is 9.87. The molecule has 126 valence electrons. The summed E-state index contributed by atoms with van der Waals surface area (Å²) in [7, 11) is 0. The van der Waals surface area contributed by atoms with Crippen molar-refractivity contribution in [2.45, 2.75) is 33.1 Å². The fourth-order valence-electron chi connectivity index (χ4n) is 2.32. The number of rotatable bonds is 5. The molecule has 0 bridgehead atoms. The largest absolute Gasteiger partial charge is 0.492 e. The summed E-state index contributed by atoms with van der Waals surface area (Å²) in [5, 5.41) is 2.82. The monoisotopic (exact) mass is 325 g/mol. The SMILES string of the molecule is CCOc1ccc(C=O)cc1NC(=O)c1ccc(C(C)(C)C)cc1. The molecule has 1 amide bonds. The first-order valence-electron chi connectivity index (χ1n) is 7.99. The Morgan fingerprint density at radius 1 is 1.12 bits per heavy atom. The van der Waals surface area contributed by atoms with Gasteiger partial charge in [0.1, 0.15) is 12.0 Å². The van der Waals surface area contributed by atoms with Crippen molar-refractivity contribution in [3.05, 3.63) is 59.2 Å². The summed E-state index contributed by atoms with van der Waals surface area (Å²) in [5.74, 6) is 0.308. The van der Waals surface area contributed by atoms with Gasteiger partial charge in [-0.3, -0.25) is 9.59 Å². The predicted octanol–water partition coefficient (Wildman–Crippen LogP) is 4.45. The Morgan fingerprint density at radius 3 is 2.33 bits per heavy atom. The Balaban J connectivity index is 2.24. The average molecular weight is 325 g/mol. The molecule has 2 aromatic rings. The molecule has 2 rings (SSSR count). The van der Waals surface area contributed by atoms with E-state index in [0.717, 1.165) is 11.8 Å². The Morgan fingerprint density at radius 2 is 1.79 bits per heavy atom. The van der Waals surface area contributed by atoms with Gasteiger partial charge in [0.25, 0.3) is 5.91 Å². The Kier molecular flexibility index (Phi) is 5.39. The molecule has 4 heteroatoms. The molecule has 0 aliphatic heterocycles. The smallest absolute Gasteiger partial charge is 0.255 e. The van der Waals surface area contributed by atoms with Gasteiger partial charge < -0.3 is 10.1 Å². The third kappa shape index (κ3) is 4.22. The molecule has 0 aromatic heterocycles. The van der Waals surface area contributed by atoms with E-state index >= 15 is 0 Å². The van der Waals surface area contributed by atoms with E-state index < -0.39 is 0 Å². The van der Waals surface area contributed by atoms with Gasteiger partial charge in [0.2, 0.25) is 0 Å². The van der Waals surface area contributed by atoms with Crippen LogP contribution in [0.25, 0.3) is 0 Å². The van der Waals surface area contributed by atoms with Gasteiger partial charge in [0.05, 0.1) is 12.3 Å². The van der Waals surface area contributed by atoms with Crippen LogP contribution in [0, 0.1) is 0 Å². The number of ether oxygens (including phenoxy) is 1. The fraction of sp³-hybridized carbons (Fsp3) is 0.300. The van der Waals surface area contributed by atoms with Crippen LogP contribution in [-0.2, 0) is 5.41 Å². The van der Waals surface area contributed by atoms with Gasteiger partial charge in [0, 0.05) is 11.1 Å². The third-order valence-corrected chi connectivity index (χ3v) is 3.70. The zero-order chi connectivity index (χ0) is 17.7. The molecule has 2 aromatic carbocycles. The van der Waals surface area contributed by atoms with Crippen LogP contribution in [0.15, 0.2) is 42.5 Å². The van der Waals surface area contributed by atoms with Gasteiger partial charge in [-0.15, -0.1) is 0 Å². The maximum Gasteiger partial charge on any atom is 0.255 e. The normalized spacial score (nSPS) is 11.0. The van der Waals surface area contributed by atoms with E-state index in [1.165, 1.54) is 0 Å². The van der Waals surface area contributed by atoms with E-state index in [1.54, 1.807) is 30.3 Å². The maximum absolute atomic E-state index is 12.5. The van der Waals surface area contributed by atoms with Crippen molar-refractivity contribution in [1.82, 2.24) is 0 Å². The molecule has 0 atom stereocenters. The first-order valence-corrected chi connectivity index (χ1v) is 7.99. The minimum absolute atomic E-state index is 0.0371. The van der Waals surface area contributed by atoms with Gasteiger partial charge in [0.15, 0.2) is 0 Å². The molecule has 0 aliphatic rings. The first kappa shape index (κ1) is 17.7. The summed E-state index contributed by atoms with van der Waals surface area (Å²) in [6.45, 7) is 8.72. The number of benzene rings is 2. The number of hydrogen-bond acceptors (Lipinski definition) is 3. The van der Waals surface area contributed by atoms with Crippen LogP contribution < -0.4 is 10.1 Å². The topological polar surface area (TPSA) is 55.4 Å². The molecule has 0 spiro atoms. The van der Waals surface area contributed by atoms with Crippen LogP contribution in [0.1, 0.15) is 54.0 Å². The molecular formula is C20H23NO3. The summed E-state index contributed by atoms with van der Waals surface area (Å²) >= 11 is 0. The molecule has 4 nitrogen and oxygen atoms in total. The maximum atomic E-state index is 12.5. The van der Waals surface area contributed by atoms with Crippen molar-refractivity contribution in [2.75, 3.05) is 11.9 Å². The predicted molar refractivity (Wildman–Crippen MR) is 96.1 cm³/mol. The van der Waals surface area contributed by atoms with Gasteiger partial charge in [-0.05, 0) is 48.2 Å². The summed E-state index contributed by atoms with van der Waals surface area (Å²) in [4.78, 5) is 23.4. The van der Waals surface area contributed by atoms with Crippen LogP contribution in [0.2, 0.25) is 0 Å². The van der Waals surface area contributed by atoms with Crippen molar-refractivity contribution < 1.29 is 14.3 Å². The first-order chi connectivity index (χ1) is 11.3. The summed E-state index contributed by atoms with van der Waals surface area (Å²) in [6, 6.07) is 12.5. The number of amides is 1. The van der Waals surface area contributed by atoms with Gasteiger partial charge >= 0.3 is 0 Å². The molecule has 0 fully saturated rings. The minimum Gasteiger partial charge on any atom is -0.492 e. The van der Waals surface area contributed by atoms with Crippen LogP contribution >= 0.6 is 0 Å². The molecule has 24 heavy (non-hydrogen) atoms. The number of carbonyl (C=O) groups excluding carboxylic acids is 2. The highest BCUT2D eigenvalue weighted by Crippen LogP contribution is 2.27. The van der Waals surface area contributed by atoms with Crippen LogP contribution in [0.4, 0.5) is 5.69 Å². The second kappa shape index (κ2) is 7.30. The van der Waals surface area contributed by atoms with Crippen molar-refractivity contribution in [3.8, 4) is 5.75 Å². The highest BCUT2D eigenvalue weighted by Gasteiger charge is 2.15. The Hall–Kier alpha value is -2.62. The highest BCUT2D eigenvalue weighted by molar-refractivity contribution is 6.05. The molecule has 0 aliphatic carbocycles. The van der Waals surface area contributed by atoms with Crippen LogP contribution in [0.3, 0.4) is 0 Å². The van der Waals surface area contributed by atoms with E-state index in [0.29, 0.717) is 29.2 Å². The number of nitrogens with one attached hydrogen (secondary N) is 1. The molecule has 0 saturated carbocycles. The quantitative estimate of drug-likeness (QED) is 0.826. The summed E-state index contributed by atoms with van der Waals surface area (Å²) < 4.78 is 5.51. The van der Waals surface area contributed by atoms with E-state index in [-0.39, 0.29) is 11.3 Å². The lowest BCUT2D eigenvalue weighted by molar-refractivity contribution is 0.102. The molecule has 0 unspecified atom stereocenters. The zero-order valence-electron chi connectivity index (χ0n) is 14.6. The number of carbonyl (C=O) groups is 2. The van der Waals surface area contributed by atoms with Crippen LogP contribution in [-0.4, -0.2) is 18.8 Å². The van der Waals surface area contributed by atoms with Crippen molar-refractivity contribution in [3.63, 3.8) is 0 Å². The van der Waals surface area contributed by atoms with Gasteiger partial charge in [-0.2, -0.15) is 0 Å². The van der Waals surface area contributed by atoms with E-state index in [1.807, 2.05) is 19.1 Å². The standard InChI is InChI=1S/C20H23NO3/c1-5-24-18-11-6-14(13-22)12-17(18)21-19(23)15-7-9-16(10-8-15)20(2,3)4/h6-13H,5H2,1-4H3,(H,21,23). The van der Waals surface area contributed by atoms with Gasteiger partial charge in [-0.25, -0.2) is 0 Å². The lowest BCUT2D eigenvalue weighted by Crippen LogP contribution is -2.15. The fourth-order valence-corrected chi connectivity index (χ4v) is 2.32. The average Bonchev–Trinajstić information content (AvgIpc) is 2.56. The van der Waals surface area contributed by atoms with E-state index in [2.05, 4.69) is 26.1 Å². The Bertz CT molecular complexity index is 728. The Labute approximate surface area is 142 Å². The van der Waals surface area contributed by atoms with Crippen molar-refractivity contribution in [1.29, 1.82) is 0 Å². The van der Waals surface area contributed by atoms with E-state index in [4.69, 9.17) is 4.74 Å². The summed E-state index contributed by atoms with van der Waals surface area (Å²) in [6.07, 6.45) is 0.740. The number of aldehydes is 1. The van der Waals surface area contributed by atoms with E-state index in [9.17, 15) is 9.59 Å². The van der Waals surface area contributed by atoms with Crippen molar-refractivity contribution >= 4 is 17.9 Å².